The van der Waals surface area contributed by atoms with E-state index in [4.69, 9.17) is 4.74 Å². The van der Waals surface area contributed by atoms with Crippen LogP contribution >= 0.6 is 0 Å². The van der Waals surface area contributed by atoms with Gasteiger partial charge < -0.3 is 30.1 Å². The van der Waals surface area contributed by atoms with Gasteiger partial charge in [0.05, 0.1) is 13.5 Å². The second-order valence-corrected chi connectivity index (χ2v) is 8.46. The smallest absolute Gasteiger partial charge is 0.407 e. The van der Waals surface area contributed by atoms with Gasteiger partial charge in [-0.2, -0.15) is 0 Å². The van der Waals surface area contributed by atoms with Gasteiger partial charge in [-0.3, -0.25) is 9.59 Å². The number of carboxylic acid groups (broad SMARTS) is 1. The molecule has 10 nitrogen and oxygen atoms in total. The van der Waals surface area contributed by atoms with Crippen LogP contribution in [0.5, 0.6) is 0 Å². The molecule has 35 heavy (non-hydrogen) atoms. The molecule has 2 atom stereocenters. The Morgan fingerprint density at radius 2 is 1.51 bits per heavy atom. The zero-order valence-electron chi connectivity index (χ0n) is 19.8. The molecule has 186 valence electrons. The molecule has 0 saturated carbocycles. The van der Waals surface area contributed by atoms with Crippen molar-refractivity contribution in [2.24, 2.45) is 0 Å². The van der Waals surface area contributed by atoms with Crippen molar-refractivity contribution in [1.29, 1.82) is 0 Å². The number of fused-ring (bicyclic) bond motifs is 3. The molecule has 0 aliphatic heterocycles. The van der Waals surface area contributed by atoms with Crippen molar-refractivity contribution in [2.75, 3.05) is 34.4 Å². The Morgan fingerprint density at radius 3 is 2.03 bits per heavy atom. The number of ether oxygens (including phenoxy) is 2. The molecule has 0 saturated heterocycles. The number of alkyl carbamates (subject to hydrolysis) is 1. The summed E-state index contributed by atoms with van der Waals surface area (Å²) in [5, 5.41) is 14.1. The van der Waals surface area contributed by atoms with Crippen molar-refractivity contribution in [1.82, 2.24) is 15.5 Å². The normalized spacial score (nSPS) is 13.8. The van der Waals surface area contributed by atoms with E-state index >= 15 is 0 Å². The maximum atomic E-state index is 12.8. The molecule has 0 heterocycles. The fourth-order valence-electron chi connectivity index (χ4n) is 4.06. The van der Waals surface area contributed by atoms with Gasteiger partial charge in [-0.15, -0.1) is 0 Å². The molecule has 0 aromatic heterocycles. The third-order valence-electron chi connectivity index (χ3n) is 5.71. The van der Waals surface area contributed by atoms with E-state index in [0.29, 0.717) is 0 Å². The summed E-state index contributed by atoms with van der Waals surface area (Å²) in [5.41, 5.74) is 4.28. The summed E-state index contributed by atoms with van der Waals surface area (Å²) in [6.45, 7) is 0.150. The van der Waals surface area contributed by atoms with Crippen molar-refractivity contribution >= 4 is 23.9 Å². The Labute approximate surface area is 203 Å². The Bertz CT molecular complexity index is 1060. The second-order valence-electron chi connectivity index (χ2n) is 8.46. The van der Waals surface area contributed by atoms with Gasteiger partial charge in [0.25, 0.3) is 0 Å². The molecule has 0 bridgehead atoms. The van der Waals surface area contributed by atoms with E-state index in [1.54, 1.807) is 19.0 Å². The van der Waals surface area contributed by atoms with Gasteiger partial charge in [-0.1, -0.05) is 48.5 Å². The number of rotatable bonds is 10. The van der Waals surface area contributed by atoms with Gasteiger partial charge in [0.2, 0.25) is 5.91 Å². The molecule has 10 heteroatoms. The Hall–Kier alpha value is -3.92. The topological polar surface area (TPSA) is 134 Å². The first-order valence-corrected chi connectivity index (χ1v) is 11.1. The first kappa shape index (κ1) is 25.7. The minimum atomic E-state index is -1.50. The van der Waals surface area contributed by atoms with Crippen molar-refractivity contribution in [3.8, 4) is 11.1 Å². The summed E-state index contributed by atoms with van der Waals surface area (Å²) in [4.78, 5) is 50.0. The first-order chi connectivity index (χ1) is 16.7. The lowest BCUT2D eigenvalue weighted by atomic mass is 9.98. The maximum absolute atomic E-state index is 12.8. The van der Waals surface area contributed by atoms with E-state index in [0.717, 1.165) is 29.4 Å². The summed E-state index contributed by atoms with van der Waals surface area (Å²) in [6, 6.07) is 13.2. The highest BCUT2D eigenvalue weighted by molar-refractivity contribution is 5.91. The van der Waals surface area contributed by atoms with Crippen LogP contribution in [0.4, 0.5) is 4.79 Å². The molecule has 3 N–H and O–H groups in total. The third-order valence-corrected chi connectivity index (χ3v) is 5.71. The number of carboxylic acids is 1. The molecule has 2 aromatic rings. The molecule has 1 unspecified atom stereocenters. The molecular weight excluding hydrogens is 454 g/mol. The number of methoxy groups -OCH3 is 1. The Kier molecular flexibility index (Phi) is 8.43. The third kappa shape index (κ3) is 6.36. The average molecular weight is 484 g/mol. The van der Waals surface area contributed by atoms with Crippen LogP contribution in [0.1, 0.15) is 23.5 Å². The largest absolute Gasteiger partial charge is 0.480 e. The van der Waals surface area contributed by atoms with Crippen LogP contribution in [0, 0.1) is 0 Å². The lowest BCUT2D eigenvalue weighted by Gasteiger charge is -2.24. The number of carbonyl (C=O) groups excluding carboxylic acids is 3. The lowest BCUT2D eigenvalue weighted by Crippen LogP contribution is -2.55. The van der Waals surface area contributed by atoms with Crippen LogP contribution in [-0.2, 0) is 23.9 Å². The van der Waals surface area contributed by atoms with E-state index in [2.05, 4.69) is 15.4 Å². The fourth-order valence-corrected chi connectivity index (χ4v) is 4.06. The summed E-state index contributed by atoms with van der Waals surface area (Å²) >= 11 is 0. The highest BCUT2D eigenvalue weighted by Crippen LogP contribution is 2.44. The Morgan fingerprint density at radius 1 is 0.943 bits per heavy atom. The van der Waals surface area contributed by atoms with Gasteiger partial charge in [0.15, 0.2) is 0 Å². The lowest BCUT2D eigenvalue weighted by molar-refractivity contribution is -0.149. The van der Waals surface area contributed by atoms with Crippen LogP contribution in [0.2, 0.25) is 0 Å². The molecule has 0 radical (unpaired) electrons. The highest BCUT2D eigenvalue weighted by Gasteiger charge is 2.31. The summed E-state index contributed by atoms with van der Waals surface area (Å²) < 4.78 is 9.98. The van der Waals surface area contributed by atoms with Crippen molar-refractivity contribution in [2.45, 2.75) is 24.4 Å². The quantitative estimate of drug-likeness (QED) is 0.434. The van der Waals surface area contributed by atoms with Gasteiger partial charge in [-0.25, -0.2) is 9.59 Å². The number of carbonyl (C=O) groups is 4. The molecule has 0 spiro atoms. The van der Waals surface area contributed by atoms with E-state index in [1.807, 2.05) is 48.5 Å². The van der Waals surface area contributed by atoms with E-state index in [1.165, 1.54) is 0 Å². The fraction of sp³-hybridized carbons (Fsp3) is 0.360. The number of likely N-dealkylation sites (N-methyl/N-ethyl adjacent to an activating group) is 1. The molecule has 1 aliphatic rings. The summed E-state index contributed by atoms with van der Waals surface area (Å²) in [6.07, 6.45) is -1.36. The number of aliphatic carboxylic acids is 1. The molecule has 2 aromatic carbocycles. The maximum Gasteiger partial charge on any atom is 0.407 e. The van der Waals surface area contributed by atoms with Crippen LogP contribution in [0.3, 0.4) is 0 Å². The molecule has 3 rings (SSSR count). The predicted molar refractivity (Wildman–Crippen MR) is 127 cm³/mol. The number of hydrogen-bond acceptors (Lipinski definition) is 7. The van der Waals surface area contributed by atoms with Crippen LogP contribution in [0.25, 0.3) is 11.1 Å². The zero-order valence-corrected chi connectivity index (χ0v) is 19.8. The monoisotopic (exact) mass is 483 g/mol. The molecule has 1 aliphatic carbocycles. The van der Waals surface area contributed by atoms with Crippen molar-refractivity contribution in [3.05, 3.63) is 59.7 Å². The van der Waals surface area contributed by atoms with E-state index in [9.17, 15) is 24.3 Å². The molecule has 0 fully saturated rings. The number of esters is 1. The minimum Gasteiger partial charge on any atom is -0.480 e. The highest BCUT2D eigenvalue weighted by atomic mass is 16.5. The van der Waals surface area contributed by atoms with Crippen LogP contribution in [0.15, 0.2) is 48.5 Å². The van der Waals surface area contributed by atoms with Gasteiger partial charge in [0, 0.05) is 12.5 Å². The van der Waals surface area contributed by atoms with Crippen molar-refractivity contribution in [3.63, 3.8) is 0 Å². The Balaban J connectivity index is 1.66. The number of benzene rings is 2. The standard InChI is InChI=1S/C25H29N3O7/c1-28(2)13-21(23(30)26-20(24(31)32)12-22(29)34-3)27-25(33)35-14-19-17-10-6-4-8-15(17)16-9-5-7-11-18(16)19/h4-11,19-21H,12-14H2,1-3H3,(H,26,30)(H,27,33)(H,31,32)/t20-,21?/m1/s1. The van der Waals surface area contributed by atoms with Crippen LogP contribution < -0.4 is 10.6 Å². The van der Waals surface area contributed by atoms with Crippen LogP contribution in [-0.4, -0.2) is 80.4 Å². The van der Waals surface area contributed by atoms with Gasteiger partial charge in [-0.05, 0) is 36.3 Å². The SMILES string of the molecule is COC(=O)C[C@@H](NC(=O)C(CN(C)C)NC(=O)OCC1c2ccccc2-c2ccccc21)C(=O)O. The second kappa shape index (κ2) is 11.5. The zero-order chi connectivity index (χ0) is 25.5. The molecular formula is C25H29N3O7. The number of amides is 2. The minimum absolute atomic E-state index is 0.0657. The van der Waals surface area contributed by atoms with Crippen molar-refractivity contribution < 1.29 is 33.8 Å². The summed E-state index contributed by atoms with van der Waals surface area (Å²) in [7, 11) is 4.52. The number of nitrogens with zero attached hydrogens (tertiary/aromatic N) is 1. The van der Waals surface area contributed by atoms with Gasteiger partial charge >= 0.3 is 18.0 Å². The van der Waals surface area contributed by atoms with Gasteiger partial charge in [0.1, 0.15) is 18.7 Å². The number of hydrogen-bond donors (Lipinski definition) is 3. The summed E-state index contributed by atoms with van der Waals surface area (Å²) in [5.74, 6) is -3.09. The number of nitrogens with one attached hydrogen (secondary N) is 2. The average Bonchev–Trinajstić information content (AvgIpc) is 3.15. The van der Waals surface area contributed by atoms with E-state index < -0.39 is 42.4 Å². The van der Waals surface area contributed by atoms with E-state index in [-0.39, 0.29) is 19.1 Å². The molecule has 2 amide bonds. The first-order valence-electron chi connectivity index (χ1n) is 11.1. The predicted octanol–water partition coefficient (Wildman–Crippen LogP) is 1.59.